The van der Waals surface area contributed by atoms with Crippen molar-refractivity contribution in [1.29, 1.82) is 0 Å². The Morgan fingerprint density at radius 1 is 1.27 bits per heavy atom. The van der Waals surface area contributed by atoms with Crippen LogP contribution in [0.25, 0.3) is 0 Å². The third kappa shape index (κ3) is 1.63. The van der Waals surface area contributed by atoms with E-state index in [4.69, 9.17) is 5.11 Å². The van der Waals surface area contributed by atoms with Crippen LogP contribution < -0.4 is 0 Å². The molecule has 0 aliphatic carbocycles. The molecule has 4 heteroatoms. The largest absolute Gasteiger partial charge is 0.508 e. The van der Waals surface area contributed by atoms with Crippen molar-refractivity contribution in [3.8, 4) is 5.75 Å². The van der Waals surface area contributed by atoms with Gasteiger partial charge in [0.25, 0.3) is 6.43 Å². The van der Waals surface area contributed by atoms with Crippen LogP contribution in [0.15, 0.2) is 18.2 Å². The van der Waals surface area contributed by atoms with E-state index in [0.717, 1.165) is 12.1 Å². The highest BCUT2D eigenvalue weighted by Crippen LogP contribution is 2.25. The molecule has 1 N–H and O–H groups in total. The van der Waals surface area contributed by atoms with Crippen molar-refractivity contribution in [2.45, 2.75) is 6.43 Å². The second-order valence-corrected chi connectivity index (χ2v) is 2.01. The van der Waals surface area contributed by atoms with Crippen LogP contribution in [-0.4, -0.2) is 5.11 Å². The average molecular weight is 162 g/mol. The quantitative estimate of drug-likeness (QED) is 0.672. The number of phenolic OH excluding ortho intramolecular Hbond substituents is 1. The first-order chi connectivity index (χ1) is 5.11. The molecule has 0 aliphatic rings. The molecule has 0 spiro atoms. The van der Waals surface area contributed by atoms with E-state index in [1.807, 2.05) is 0 Å². The Bertz CT molecular complexity index is 260. The number of hydrogen-bond donors (Lipinski definition) is 1. The Hall–Kier alpha value is -1.19. The van der Waals surface area contributed by atoms with E-state index in [0.29, 0.717) is 6.07 Å². The van der Waals surface area contributed by atoms with Crippen molar-refractivity contribution in [2.75, 3.05) is 0 Å². The zero-order valence-corrected chi connectivity index (χ0v) is 5.39. The van der Waals surface area contributed by atoms with Crippen molar-refractivity contribution in [2.24, 2.45) is 0 Å². The van der Waals surface area contributed by atoms with Gasteiger partial charge in [-0.05, 0) is 18.2 Å². The van der Waals surface area contributed by atoms with Crippen LogP contribution in [0.4, 0.5) is 13.2 Å². The van der Waals surface area contributed by atoms with Gasteiger partial charge in [-0.1, -0.05) is 0 Å². The van der Waals surface area contributed by atoms with E-state index in [9.17, 15) is 13.2 Å². The molecule has 0 aromatic heterocycles. The molecule has 0 amide bonds. The summed E-state index contributed by atoms with van der Waals surface area (Å²) in [4.78, 5) is 0. The molecule has 0 heterocycles. The Balaban J connectivity index is 3.13. The number of alkyl halides is 2. The van der Waals surface area contributed by atoms with Gasteiger partial charge in [-0.15, -0.1) is 0 Å². The number of aromatic hydroxyl groups is 1. The maximum atomic E-state index is 12.4. The first kappa shape index (κ1) is 7.91. The van der Waals surface area contributed by atoms with Gasteiger partial charge in [0.1, 0.15) is 11.6 Å². The van der Waals surface area contributed by atoms with Crippen LogP contribution in [0, 0.1) is 5.82 Å². The Kier molecular flexibility index (Phi) is 2.03. The fraction of sp³-hybridized carbons (Fsp3) is 0.143. The second kappa shape index (κ2) is 2.82. The molecule has 0 fully saturated rings. The topological polar surface area (TPSA) is 20.2 Å². The smallest absolute Gasteiger partial charge is 0.266 e. The van der Waals surface area contributed by atoms with E-state index in [1.165, 1.54) is 0 Å². The monoisotopic (exact) mass is 162 g/mol. The average Bonchev–Trinajstić information content (AvgIpc) is 1.94. The fourth-order valence-electron chi connectivity index (χ4n) is 0.698. The van der Waals surface area contributed by atoms with Crippen molar-refractivity contribution < 1.29 is 18.3 Å². The van der Waals surface area contributed by atoms with Crippen LogP contribution >= 0.6 is 0 Å². The van der Waals surface area contributed by atoms with Crippen molar-refractivity contribution >= 4 is 0 Å². The first-order valence-corrected chi connectivity index (χ1v) is 2.88. The van der Waals surface area contributed by atoms with Gasteiger partial charge in [-0.3, -0.25) is 0 Å². The Morgan fingerprint density at radius 3 is 2.36 bits per heavy atom. The lowest BCUT2D eigenvalue weighted by molar-refractivity contribution is 0.146. The van der Waals surface area contributed by atoms with E-state index >= 15 is 0 Å². The highest BCUT2D eigenvalue weighted by molar-refractivity contribution is 5.29. The van der Waals surface area contributed by atoms with Crippen LogP contribution in [0.1, 0.15) is 12.0 Å². The third-order valence-electron chi connectivity index (χ3n) is 1.21. The van der Waals surface area contributed by atoms with E-state index in [-0.39, 0.29) is 5.75 Å². The minimum Gasteiger partial charge on any atom is -0.508 e. The van der Waals surface area contributed by atoms with Crippen LogP contribution in [0.5, 0.6) is 5.75 Å². The van der Waals surface area contributed by atoms with Gasteiger partial charge in [0, 0.05) is 0 Å². The molecule has 0 saturated carbocycles. The zero-order valence-electron chi connectivity index (χ0n) is 5.39. The predicted molar refractivity (Wildman–Crippen MR) is 33.0 cm³/mol. The second-order valence-electron chi connectivity index (χ2n) is 2.01. The summed E-state index contributed by atoms with van der Waals surface area (Å²) < 4.78 is 36.1. The minimum absolute atomic E-state index is 0.360. The van der Waals surface area contributed by atoms with E-state index in [1.54, 1.807) is 0 Å². The standard InChI is InChI=1S/C7H5F3O/c8-6-2-1-4(11)3-5(6)7(9)10/h1-3,7,11H. The van der Waals surface area contributed by atoms with Gasteiger partial charge in [0.15, 0.2) is 0 Å². The van der Waals surface area contributed by atoms with Gasteiger partial charge in [0.2, 0.25) is 0 Å². The maximum absolute atomic E-state index is 12.4. The van der Waals surface area contributed by atoms with Crippen molar-refractivity contribution in [3.05, 3.63) is 29.6 Å². The molecule has 60 valence electrons. The maximum Gasteiger partial charge on any atom is 0.266 e. The summed E-state index contributed by atoms with van der Waals surface area (Å²) in [5.41, 5.74) is -0.773. The summed E-state index contributed by atoms with van der Waals surface area (Å²) in [6.45, 7) is 0. The fourth-order valence-corrected chi connectivity index (χ4v) is 0.698. The Morgan fingerprint density at radius 2 is 1.91 bits per heavy atom. The molecule has 0 atom stereocenters. The van der Waals surface area contributed by atoms with Gasteiger partial charge in [-0.2, -0.15) is 0 Å². The SMILES string of the molecule is Oc1ccc(F)c(C(F)F)c1. The summed E-state index contributed by atoms with van der Waals surface area (Å²) in [5, 5.41) is 8.69. The summed E-state index contributed by atoms with van der Waals surface area (Å²) >= 11 is 0. The summed E-state index contributed by atoms with van der Waals surface area (Å²) in [5.74, 6) is -1.36. The number of phenols is 1. The molecule has 1 aromatic rings. The van der Waals surface area contributed by atoms with Crippen LogP contribution in [0.2, 0.25) is 0 Å². The lowest BCUT2D eigenvalue weighted by atomic mass is 10.2. The van der Waals surface area contributed by atoms with E-state index in [2.05, 4.69) is 0 Å². The molecule has 0 unspecified atom stereocenters. The molecule has 0 radical (unpaired) electrons. The molecule has 1 nitrogen and oxygen atoms in total. The zero-order chi connectivity index (χ0) is 8.43. The molecule has 0 aliphatic heterocycles. The minimum atomic E-state index is -2.89. The highest BCUT2D eigenvalue weighted by atomic mass is 19.3. The van der Waals surface area contributed by atoms with Gasteiger partial charge < -0.3 is 5.11 Å². The molecular formula is C7H5F3O. The number of halogens is 3. The third-order valence-corrected chi connectivity index (χ3v) is 1.21. The highest BCUT2D eigenvalue weighted by Gasteiger charge is 2.12. The summed E-state index contributed by atoms with van der Waals surface area (Å²) in [7, 11) is 0. The lowest BCUT2D eigenvalue weighted by Gasteiger charge is -2.00. The molecule has 1 aromatic carbocycles. The van der Waals surface area contributed by atoms with Gasteiger partial charge in [-0.25, -0.2) is 13.2 Å². The normalized spacial score (nSPS) is 10.5. The Labute approximate surface area is 61.1 Å². The predicted octanol–water partition coefficient (Wildman–Crippen LogP) is 2.47. The number of benzene rings is 1. The van der Waals surface area contributed by atoms with Crippen LogP contribution in [0.3, 0.4) is 0 Å². The van der Waals surface area contributed by atoms with Crippen molar-refractivity contribution in [1.82, 2.24) is 0 Å². The molecule has 1 rings (SSSR count). The van der Waals surface area contributed by atoms with Gasteiger partial charge in [0.05, 0.1) is 5.56 Å². The molecular weight excluding hydrogens is 157 g/mol. The molecule has 0 saturated heterocycles. The lowest BCUT2D eigenvalue weighted by Crippen LogP contribution is -1.88. The summed E-state index contributed by atoms with van der Waals surface area (Å²) in [6, 6.07) is 2.53. The molecule has 0 bridgehead atoms. The first-order valence-electron chi connectivity index (χ1n) is 2.88. The van der Waals surface area contributed by atoms with Crippen LogP contribution in [-0.2, 0) is 0 Å². The molecule has 11 heavy (non-hydrogen) atoms. The number of rotatable bonds is 1. The summed E-state index contributed by atoms with van der Waals surface area (Å²) in [6.07, 6.45) is -2.89. The van der Waals surface area contributed by atoms with Crippen molar-refractivity contribution in [3.63, 3.8) is 0 Å². The van der Waals surface area contributed by atoms with Gasteiger partial charge >= 0.3 is 0 Å². The number of hydrogen-bond acceptors (Lipinski definition) is 1. The van der Waals surface area contributed by atoms with E-state index < -0.39 is 17.8 Å².